The molecule has 0 saturated carbocycles. The molecule has 1 aromatic rings. The zero-order valence-electron chi connectivity index (χ0n) is 10.5. The SMILES string of the molecule is CCSCCCNc1ccc(C(=O)NC)cc1. The number of benzene rings is 1. The molecule has 0 saturated heterocycles. The second kappa shape index (κ2) is 8.01. The van der Waals surface area contributed by atoms with Crippen molar-refractivity contribution in [1.29, 1.82) is 0 Å². The van der Waals surface area contributed by atoms with Gasteiger partial charge in [0.25, 0.3) is 5.91 Å². The first-order valence-electron chi connectivity index (χ1n) is 5.91. The summed E-state index contributed by atoms with van der Waals surface area (Å²) in [4.78, 5) is 11.3. The fourth-order valence-electron chi connectivity index (χ4n) is 1.44. The van der Waals surface area contributed by atoms with Crippen molar-refractivity contribution in [2.24, 2.45) is 0 Å². The molecule has 0 heterocycles. The van der Waals surface area contributed by atoms with E-state index in [0.717, 1.165) is 18.7 Å². The summed E-state index contributed by atoms with van der Waals surface area (Å²) >= 11 is 1.96. The van der Waals surface area contributed by atoms with E-state index in [9.17, 15) is 4.79 Å². The van der Waals surface area contributed by atoms with Gasteiger partial charge in [0.2, 0.25) is 0 Å². The molecule has 4 heteroatoms. The van der Waals surface area contributed by atoms with Gasteiger partial charge in [0.05, 0.1) is 0 Å². The van der Waals surface area contributed by atoms with Crippen molar-refractivity contribution in [3.8, 4) is 0 Å². The van der Waals surface area contributed by atoms with E-state index in [1.807, 2.05) is 36.0 Å². The van der Waals surface area contributed by atoms with Gasteiger partial charge in [-0.3, -0.25) is 4.79 Å². The standard InChI is InChI=1S/C13H20N2OS/c1-3-17-10-4-9-15-12-7-5-11(6-8-12)13(16)14-2/h5-8,15H,3-4,9-10H2,1-2H3,(H,14,16). The van der Waals surface area contributed by atoms with Gasteiger partial charge in [-0.05, 0) is 42.2 Å². The molecule has 0 fully saturated rings. The summed E-state index contributed by atoms with van der Waals surface area (Å²) in [6.07, 6.45) is 1.16. The van der Waals surface area contributed by atoms with E-state index >= 15 is 0 Å². The van der Waals surface area contributed by atoms with E-state index < -0.39 is 0 Å². The number of hydrogen-bond acceptors (Lipinski definition) is 3. The fraction of sp³-hybridized carbons (Fsp3) is 0.462. The van der Waals surface area contributed by atoms with Crippen LogP contribution in [0.1, 0.15) is 23.7 Å². The van der Waals surface area contributed by atoms with Crippen LogP contribution >= 0.6 is 11.8 Å². The smallest absolute Gasteiger partial charge is 0.251 e. The Labute approximate surface area is 107 Å². The van der Waals surface area contributed by atoms with Gasteiger partial charge < -0.3 is 10.6 Å². The van der Waals surface area contributed by atoms with Crippen molar-refractivity contribution in [1.82, 2.24) is 5.32 Å². The van der Waals surface area contributed by atoms with Gasteiger partial charge in [-0.1, -0.05) is 6.92 Å². The largest absolute Gasteiger partial charge is 0.385 e. The Kier molecular flexibility index (Phi) is 6.55. The van der Waals surface area contributed by atoms with Crippen molar-refractivity contribution in [3.05, 3.63) is 29.8 Å². The molecule has 17 heavy (non-hydrogen) atoms. The third-order valence-corrected chi connectivity index (χ3v) is 3.36. The van der Waals surface area contributed by atoms with Crippen molar-refractivity contribution >= 4 is 23.4 Å². The lowest BCUT2D eigenvalue weighted by Crippen LogP contribution is -2.17. The normalized spacial score (nSPS) is 10.0. The van der Waals surface area contributed by atoms with Gasteiger partial charge in [0.15, 0.2) is 0 Å². The Bertz CT molecular complexity index is 338. The lowest BCUT2D eigenvalue weighted by Gasteiger charge is -2.06. The summed E-state index contributed by atoms with van der Waals surface area (Å²) in [5.74, 6) is 2.33. The quantitative estimate of drug-likeness (QED) is 0.733. The van der Waals surface area contributed by atoms with E-state index in [0.29, 0.717) is 5.56 Å². The first-order valence-corrected chi connectivity index (χ1v) is 7.07. The Morgan fingerprint density at radius 3 is 2.59 bits per heavy atom. The molecule has 0 bridgehead atoms. The lowest BCUT2D eigenvalue weighted by atomic mass is 10.2. The summed E-state index contributed by atoms with van der Waals surface area (Å²) in [7, 11) is 1.64. The van der Waals surface area contributed by atoms with Crippen molar-refractivity contribution in [2.45, 2.75) is 13.3 Å². The van der Waals surface area contributed by atoms with Crippen molar-refractivity contribution in [3.63, 3.8) is 0 Å². The Morgan fingerprint density at radius 2 is 2.00 bits per heavy atom. The van der Waals surface area contributed by atoms with Crippen molar-refractivity contribution < 1.29 is 4.79 Å². The van der Waals surface area contributed by atoms with Gasteiger partial charge in [0.1, 0.15) is 0 Å². The number of carbonyl (C=O) groups is 1. The lowest BCUT2D eigenvalue weighted by molar-refractivity contribution is 0.0963. The molecular weight excluding hydrogens is 232 g/mol. The van der Waals surface area contributed by atoms with Crippen LogP contribution in [0.15, 0.2) is 24.3 Å². The molecule has 0 aliphatic rings. The molecule has 2 N–H and O–H groups in total. The number of hydrogen-bond donors (Lipinski definition) is 2. The number of amides is 1. The minimum Gasteiger partial charge on any atom is -0.385 e. The minimum absolute atomic E-state index is 0.0455. The maximum atomic E-state index is 11.3. The number of nitrogens with one attached hydrogen (secondary N) is 2. The Balaban J connectivity index is 2.33. The zero-order chi connectivity index (χ0) is 12.5. The molecule has 0 unspecified atom stereocenters. The molecule has 0 aliphatic heterocycles. The summed E-state index contributed by atoms with van der Waals surface area (Å²) in [6, 6.07) is 7.55. The van der Waals surface area contributed by atoms with Crippen LogP contribution in [0.3, 0.4) is 0 Å². The van der Waals surface area contributed by atoms with Crippen LogP contribution in [-0.2, 0) is 0 Å². The maximum Gasteiger partial charge on any atom is 0.251 e. The van der Waals surface area contributed by atoms with Crippen LogP contribution in [0.4, 0.5) is 5.69 Å². The van der Waals surface area contributed by atoms with Crippen LogP contribution in [0.5, 0.6) is 0 Å². The molecule has 3 nitrogen and oxygen atoms in total. The van der Waals surface area contributed by atoms with Crippen LogP contribution < -0.4 is 10.6 Å². The molecule has 1 rings (SSSR count). The van der Waals surface area contributed by atoms with E-state index in [1.54, 1.807) is 7.05 Å². The predicted octanol–water partition coefficient (Wildman–Crippen LogP) is 2.60. The third kappa shape index (κ3) is 5.13. The molecule has 0 aliphatic carbocycles. The molecular formula is C13H20N2OS. The van der Waals surface area contributed by atoms with Crippen LogP contribution in [0.25, 0.3) is 0 Å². The van der Waals surface area contributed by atoms with Gasteiger partial charge >= 0.3 is 0 Å². The van der Waals surface area contributed by atoms with Gasteiger partial charge in [-0.2, -0.15) is 11.8 Å². The van der Waals surface area contributed by atoms with Crippen LogP contribution in [0, 0.1) is 0 Å². The summed E-state index contributed by atoms with van der Waals surface area (Å²) < 4.78 is 0. The van der Waals surface area contributed by atoms with Crippen molar-refractivity contribution in [2.75, 3.05) is 30.4 Å². The highest BCUT2D eigenvalue weighted by Gasteiger charge is 2.01. The van der Waals surface area contributed by atoms with E-state index in [4.69, 9.17) is 0 Å². The van der Waals surface area contributed by atoms with Gasteiger partial charge in [0, 0.05) is 24.8 Å². The van der Waals surface area contributed by atoms with E-state index in [1.165, 1.54) is 11.5 Å². The topological polar surface area (TPSA) is 41.1 Å². The fourth-order valence-corrected chi connectivity index (χ4v) is 2.07. The first kappa shape index (κ1) is 13.9. The van der Waals surface area contributed by atoms with E-state index in [2.05, 4.69) is 17.6 Å². The molecule has 0 atom stereocenters. The Morgan fingerprint density at radius 1 is 1.29 bits per heavy atom. The number of anilines is 1. The average molecular weight is 252 g/mol. The minimum atomic E-state index is -0.0455. The van der Waals surface area contributed by atoms with Gasteiger partial charge in [-0.25, -0.2) is 0 Å². The molecule has 0 radical (unpaired) electrons. The maximum absolute atomic E-state index is 11.3. The molecule has 1 amide bonds. The van der Waals surface area contributed by atoms with Crippen LogP contribution in [0.2, 0.25) is 0 Å². The molecule has 94 valence electrons. The first-order chi connectivity index (χ1) is 8.27. The highest BCUT2D eigenvalue weighted by Crippen LogP contribution is 2.10. The third-order valence-electron chi connectivity index (χ3n) is 2.37. The molecule has 1 aromatic carbocycles. The summed E-state index contributed by atoms with van der Waals surface area (Å²) in [5, 5.41) is 5.95. The van der Waals surface area contributed by atoms with Crippen LogP contribution in [-0.4, -0.2) is 31.0 Å². The zero-order valence-corrected chi connectivity index (χ0v) is 11.3. The average Bonchev–Trinajstić information content (AvgIpc) is 2.38. The molecule has 0 aromatic heterocycles. The monoisotopic (exact) mass is 252 g/mol. The second-order valence-corrected chi connectivity index (χ2v) is 5.03. The summed E-state index contributed by atoms with van der Waals surface area (Å²) in [6.45, 7) is 3.15. The number of thioether (sulfide) groups is 1. The summed E-state index contributed by atoms with van der Waals surface area (Å²) in [5.41, 5.74) is 1.76. The van der Waals surface area contributed by atoms with Gasteiger partial charge in [-0.15, -0.1) is 0 Å². The highest BCUT2D eigenvalue weighted by molar-refractivity contribution is 7.99. The number of rotatable bonds is 7. The highest BCUT2D eigenvalue weighted by atomic mass is 32.2. The second-order valence-electron chi connectivity index (χ2n) is 3.63. The predicted molar refractivity (Wildman–Crippen MR) is 75.9 cm³/mol. The van der Waals surface area contributed by atoms with E-state index in [-0.39, 0.29) is 5.91 Å². The molecule has 0 spiro atoms. The number of carbonyl (C=O) groups excluding carboxylic acids is 1. The Hall–Kier alpha value is -1.16.